The van der Waals surface area contributed by atoms with Crippen molar-refractivity contribution in [3.05, 3.63) is 65.0 Å². The fourth-order valence-corrected chi connectivity index (χ4v) is 3.47. The maximum atomic E-state index is 14.4. The van der Waals surface area contributed by atoms with Crippen molar-refractivity contribution in [2.45, 2.75) is 26.7 Å². The first-order valence-corrected chi connectivity index (χ1v) is 9.20. The van der Waals surface area contributed by atoms with Crippen molar-refractivity contribution in [2.75, 3.05) is 6.61 Å². The van der Waals surface area contributed by atoms with Gasteiger partial charge in [-0.2, -0.15) is 4.39 Å². The molecule has 0 aliphatic heterocycles. The van der Waals surface area contributed by atoms with E-state index in [1.165, 1.54) is 10.9 Å². The molecule has 0 aliphatic rings. The fourth-order valence-electron chi connectivity index (χ4n) is 2.60. The van der Waals surface area contributed by atoms with E-state index in [2.05, 4.69) is 19.1 Å². The van der Waals surface area contributed by atoms with Gasteiger partial charge in [-0.25, -0.2) is 4.39 Å². The summed E-state index contributed by atoms with van der Waals surface area (Å²) >= 11 is 1.71. The van der Waals surface area contributed by atoms with Gasteiger partial charge in [-0.15, -0.1) is 11.3 Å². The predicted octanol–water partition coefficient (Wildman–Crippen LogP) is 6.85. The minimum Gasteiger partial charge on any atom is -0.490 e. The van der Waals surface area contributed by atoms with Gasteiger partial charge in [0, 0.05) is 15.3 Å². The first-order valence-electron chi connectivity index (χ1n) is 8.38. The number of aryl methyl sites for hydroxylation is 1. The highest BCUT2D eigenvalue weighted by Gasteiger charge is 2.16. The van der Waals surface area contributed by atoms with Gasteiger partial charge < -0.3 is 4.74 Å². The molecule has 3 rings (SSSR count). The molecule has 130 valence electrons. The number of hydrogen-bond donors (Lipinski definition) is 0. The summed E-state index contributed by atoms with van der Waals surface area (Å²) in [7, 11) is 0. The smallest absolute Gasteiger partial charge is 0.201 e. The van der Waals surface area contributed by atoms with E-state index in [9.17, 15) is 8.78 Å². The normalized spacial score (nSPS) is 10.9. The Kier molecular flexibility index (Phi) is 5.49. The highest BCUT2D eigenvalue weighted by atomic mass is 32.1. The Balaban J connectivity index is 1.85. The van der Waals surface area contributed by atoms with Crippen molar-refractivity contribution in [1.82, 2.24) is 0 Å². The van der Waals surface area contributed by atoms with Crippen LogP contribution in [-0.4, -0.2) is 6.61 Å². The molecular formula is C21H20F2OS. The van der Waals surface area contributed by atoms with Gasteiger partial charge in [0.05, 0.1) is 6.61 Å². The topological polar surface area (TPSA) is 9.23 Å². The summed E-state index contributed by atoms with van der Waals surface area (Å²) in [6.45, 7) is 4.47. The molecule has 0 unspecified atom stereocenters. The third-order valence-electron chi connectivity index (χ3n) is 4.02. The fraction of sp³-hybridized carbons (Fsp3) is 0.238. The molecule has 3 aromatic rings. The number of hydrogen-bond acceptors (Lipinski definition) is 2. The van der Waals surface area contributed by atoms with Gasteiger partial charge in [-0.05, 0) is 48.7 Å². The zero-order valence-corrected chi connectivity index (χ0v) is 15.1. The SMILES string of the molecule is CCCCOc1ccc(-c2ccc(-c3ccc(C)s3)cc2)c(F)c1F. The summed E-state index contributed by atoms with van der Waals surface area (Å²) in [6, 6.07) is 14.7. The van der Waals surface area contributed by atoms with E-state index < -0.39 is 11.6 Å². The average molecular weight is 358 g/mol. The molecule has 0 saturated heterocycles. The quantitative estimate of drug-likeness (QED) is 0.438. The standard InChI is InChI=1S/C21H20F2OS/c1-3-4-13-24-18-11-10-17(20(22)21(18)23)15-6-8-16(9-7-15)19-12-5-14(2)25-19/h5-12H,3-4,13H2,1-2H3. The highest BCUT2D eigenvalue weighted by Crippen LogP contribution is 2.33. The molecule has 0 saturated carbocycles. The molecule has 0 atom stereocenters. The molecule has 2 aromatic carbocycles. The maximum Gasteiger partial charge on any atom is 0.201 e. The molecule has 0 radical (unpaired) electrons. The number of benzene rings is 2. The second-order valence-electron chi connectivity index (χ2n) is 5.93. The number of thiophene rings is 1. The molecule has 1 aromatic heterocycles. The van der Waals surface area contributed by atoms with Crippen LogP contribution in [-0.2, 0) is 0 Å². The first-order chi connectivity index (χ1) is 12.1. The third-order valence-corrected chi connectivity index (χ3v) is 5.07. The van der Waals surface area contributed by atoms with E-state index in [-0.39, 0.29) is 11.3 Å². The van der Waals surface area contributed by atoms with Crippen LogP contribution in [0.3, 0.4) is 0 Å². The first kappa shape index (κ1) is 17.6. The summed E-state index contributed by atoms with van der Waals surface area (Å²) in [5.41, 5.74) is 1.96. The van der Waals surface area contributed by atoms with Crippen molar-refractivity contribution >= 4 is 11.3 Å². The van der Waals surface area contributed by atoms with Gasteiger partial charge in [0.1, 0.15) is 0 Å². The summed E-state index contributed by atoms with van der Waals surface area (Å²) in [5.74, 6) is -1.82. The van der Waals surface area contributed by atoms with E-state index in [1.54, 1.807) is 17.4 Å². The Morgan fingerprint density at radius 1 is 0.880 bits per heavy atom. The lowest BCUT2D eigenvalue weighted by Gasteiger charge is -2.10. The zero-order valence-electron chi connectivity index (χ0n) is 14.3. The van der Waals surface area contributed by atoms with Gasteiger partial charge in [0.15, 0.2) is 11.6 Å². The van der Waals surface area contributed by atoms with Crippen molar-refractivity contribution in [2.24, 2.45) is 0 Å². The molecule has 25 heavy (non-hydrogen) atoms. The molecule has 1 nitrogen and oxygen atoms in total. The number of halogens is 2. The monoisotopic (exact) mass is 358 g/mol. The van der Waals surface area contributed by atoms with Crippen LogP contribution in [0.15, 0.2) is 48.5 Å². The number of rotatable bonds is 6. The van der Waals surface area contributed by atoms with Gasteiger partial charge in [-0.1, -0.05) is 37.6 Å². The summed E-state index contributed by atoms with van der Waals surface area (Å²) in [6.07, 6.45) is 1.75. The van der Waals surface area contributed by atoms with E-state index in [0.717, 1.165) is 23.3 Å². The third kappa shape index (κ3) is 3.90. The van der Waals surface area contributed by atoms with Crippen LogP contribution >= 0.6 is 11.3 Å². The van der Waals surface area contributed by atoms with Crippen molar-refractivity contribution < 1.29 is 13.5 Å². The lowest BCUT2D eigenvalue weighted by Crippen LogP contribution is -2.01. The Hall–Kier alpha value is -2.20. The van der Waals surface area contributed by atoms with E-state index >= 15 is 0 Å². The van der Waals surface area contributed by atoms with Gasteiger partial charge in [0.2, 0.25) is 5.82 Å². The predicted molar refractivity (Wildman–Crippen MR) is 100 cm³/mol. The Morgan fingerprint density at radius 2 is 1.60 bits per heavy atom. The van der Waals surface area contributed by atoms with Gasteiger partial charge >= 0.3 is 0 Å². The van der Waals surface area contributed by atoms with Crippen LogP contribution in [0, 0.1) is 18.6 Å². The lowest BCUT2D eigenvalue weighted by atomic mass is 10.0. The molecule has 1 heterocycles. The van der Waals surface area contributed by atoms with Crippen LogP contribution in [0.1, 0.15) is 24.6 Å². The summed E-state index contributed by atoms with van der Waals surface area (Å²) in [5, 5.41) is 0. The van der Waals surface area contributed by atoms with Crippen molar-refractivity contribution in [1.29, 1.82) is 0 Å². The highest BCUT2D eigenvalue weighted by molar-refractivity contribution is 7.15. The van der Waals surface area contributed by atoms with Gasteiger partial charge in [0.25, 0.3) is 0 Å². The molecule has 0 spiro atoms. The Morgan fingerprint density at radius 3 is 2.24 bits per heavy atom. The molecule has 0 N–H and O–H groups in total. The molecule has 0 fully saturated rings. The molecule has 0 amide bonds. The Bertz CT molecular complexity index is 853. The van der Waals surface area contributed by atoms with Crippen LogP contribution < -0.4 is 4.74 Å². The van der Waals surface area contributed by atoms with Crippen molar-refractivity contribution in [3.63, 3.8) is 0 Å². The van der Waals surface area contributed by atoms with Crippen LogP contribution in [0.2, 0.25) is 0 Å². The van der Waals surface area contributed by atoms with E-state index in [4.69, 9.17) is 4.74 Å². The zero-order chi connectivity index (χ0) is 17.8. The van der Waals surface area contributed by atoms with Crippen LogP contribution in [0.4, 0.5) is 8.78 Å². The van der Waals surface area contributed by atoms with Gasteiger partial charge in [-0.3, -0.25) is 0 Å². The summed E-state index contributed by atoms with van der Waals surface area (Å²) in [4.78, 5) is 2.40. The van der Waals surface area contributed by atoms with E-state index in [0.29, 0.717) is 12.2 Å². The second-order valence-corrected chi connectivity index (χ2v) is 7.22. The number of unbranched alkanes of at least 4 members (excludes halogenated alkanes) is 1. The lowest BCUT2D eigenvalue weighted by molar-refractivity contribution is 0.289. The number of ether oxygens (including phenoxy) is 1. The minimum absolute atomic E-state index is 0.0274. The largest absolute Gasteiger partial charge is 0.490 e. The Labute approximate surface area is 150 Å². The second kappa shape index (κ2) is 7.79. The van der Waals surface area contributed by atoms with Crippen molar-refractivity contribution in [3.8, 4) is 27.3 Å². The minimum atomic E-state index is -0.924. The summed E-state index contributed by atoms with van der Waals surface area (Å²) < 4.78 is 34.0. The van der Waals surface area contributed by atoms with Crippen LogP contribution in [0.25, 0.3) is 21.6 Å². The molecule has 4 heteroatoms. The molecular weight excluding hydrogens is 338 g/mol. The molecule has 0 bridgehead atoms. The molecule has 0 aliphatic carbocycles. The maximum absolute atomic E-state index is 14.4. The van der Waals surface area contributed by atoms with Crippen LogP contribution in [0.5, 0.6) is 5.75 Å². The van der Waals surface area contributed by atoms with E-state index in [1.807, 2.05) is 31.2 Å². The average Bonchev–Trinajstić information content (AvgIpc) is 3.06.